The highest BCUT2D eigenvalue weighted by Gasteiger charge is 2.17. The average molecular weight is 235 g/mol. The molecular formula is C14H21NO2. The molecule has 1 unspecified atom stereocenters. The zero-order valence-electron chi connectivity index (χ0n) is 11.0. The number of rotatable bonds is 4. The molecule has 0 heterocycles. The molecule has 0 aliphatic carbocycles. The molecule has 1 amide bonds. The minimum absolute atomic E-state index is 0.00838. The van der Waals surface area contributed by atoms with E-state index in [9.17, 15) is 9.90 Å². The van der Waals surface area contributed by atoms with Crippen molar-refractivity contribution >= 4 is 5.91 Å². The summed E-state index contributed by atoms with van der Waals surface area (Å²) in [5.74, 6) is 0.236. The van der Waals surface area contributed by atoms with Gasteiger partial charge in [-0.05, 0) is 44.0 Å². The van der Waals surface area contributed by atoms with Gasteiger partial charge in [0, 0.05) is 18.7 Å². The normalized spacial score (nSPS) is 12.2. The molecule has 1 aromatic rings. The van der Waals surface area contributed by atoms with Crippen molar-refractivity contribution in [3.8, 4) is 5.75 Å². The minimum Gasteiger partial charge on any atom is -0.508 e. The minimum atomic E-state index is 0.00838. The summed E-state index contributed by atoms with van der Waals surface area (Å²) in [6.45, 7) is 5.95. The van der Waals surface area contributed by atoms with Gasteiger partial charge in [-0.1, -0.05) is 13.3 Å². The van der Waals surface area contributed by atoms with Crippen LogP contribution >= 0.6 is 0 Å². The number of carbonyl (C=O) groups excluding carboxylic acids is 1. The van der Waals surface area contributed by atoms with Crippen LogP contribution in [0, 0.1) is 6.92 Å². The van der Waals surface area contributed by atoms with E-state index < -0.39 is 0 Å². The predicted octanol–water partition coefficient (Wildman–Crippen LogP) is 2.96. The molecule has 0 spiro atoms. The van der Waals surface area contributed by atoms with Crippen molar-refractivity contribution in [3.63, 3.8) is 0 Å². The lowest BCUT2D eigenvalue weighted by Crippen LogP contribution is -2.34. The molecule has 3 nitrogen and oxygen atoms in total. The van der Waals surface area contributed by atoms with Crippen molar-refractivity contribution in [1.82, 2.24) is 4.90 Å². The molecule has 1 aromatic carbocycles. The molecule has 0 aliphatic heterocycles. The van der Waals surface area contributed by atoms with Gasteiger partial charge in [0.25, 0.3) is 5.91 Å². The number of phenols is 1. The summed E-state index contributed by atoms with van der Waals surface area (Å²) in [6, 6.07) is 5.20. The van der Waals surface area contributed by atoms with E-state index in [1.54, 1.807) is 30.0 Å². The molecule has 0 saturated carbocycles. The van der Waals surface area contributed by atoms with E-state index in [1.807, 2.05) is 7.05 Å². The molecule has 94 valence electrons. The van der Waals surface area contributed by atoms with Crippen molar-refractivity contribution < 1.29 is 9.90 Å². The molecule has 3 heteroatoms. The number of benzene rings is 1. The molecule has 0 saturated heterocycles. The van der Waals surface area contributed by atoms with E-state index >= 15 is 0 Å². The summed E-state index contributed by atoms with van der Waals surface area (Å²) >= 11 is 0. The molecule has 0 aliphatic rings. The fraction of sp³-hybridized carbons (Fsp3) is 0.500. The van der Waals surface area contributed by atoms with Gasteiger partial charge < -0.3 is 10.0 Å². The van der Waals surface area contributed by atoms with Gasteiger partial charge in [0.05, 0.1) is 0 Å². The Labute approximate surface area is 103 Å². The Balaban J connectivity index is 2.85. The van der Waals surface area contributed by atoms with E-state index in [0.717, 1.165) is 18.4 Å². The first-order valence-electron chi connectivity index (χ1n) is 6.04. The van der Waals surface area contributed by atoms with E-state index in [4.69, 9.17) is 0 Å². The Morgan fingerprint density at radius 2 is 2.12 bits per heavy atom. The number of carbonyl (C=O) groups is 1. The second-order valence-corrected chi connectivity index (χ2v) is 4.56. The number of hydrogen-bond donors (Lipinski definition) is 1. The van der Waals surface area contributed by atoms with Gasteiger partial charge >= 0.3 is 0 Å². The van der Waals surface area contributed by atoms with Crippen molar-refractivity contribution in [2.45, 2.75) is 39.7 Å². The first-order valence-corrected chi connectivity index (χ1v) is 6.04. The third-order valence-corrected chi connectivity index (χ3v) is 3.13. The SMILES string of the molecule is CCCC(C)N(C)C(=O)c1ccc(O)c(C)c1. The number of phenolic OH excluding ortho intramolecular Hbond substituents is 1. The first-order chi connectivity index (χ1) is 7.97. The van der Waals surface area contributed by atoms with Crippen LogP contribution in [0.5, 0.6) is 5.75 Å². The lowest BCUT2D eigenvalue weighted by atomic mass is 10.1. The van der Waals surface area contributed by atoms with Crippen LogP contribution in [0.1, 0.15) is 42.6 Å². The van der Waals surface area contributed by atoms with E-state index in [2.05, 4.69) is 13.8 Å². The third kappa shape index (κ3) is 3.22. The maximum atomic E-state index is 12.2. The zero-order valence-corrected chi connectivity index (χ0v) is 11.0. The second-order valence-electron chi connectivity index (χ2n) is 4.56. The van der Waals surface area contributed by atoms with Gasteiger partial charge in [-0.3, -0.25) is 4.79 Å². The van der Waals surface area contributed by atoms with Crippen LogP contribution < -0.4 is 0 Å². The molecule has 0 aromatic heterocycles. The van der Waals surface area contributed by atoms with Gasteiger partial charge in [-0.2, -0.15) is 0 Å². The molecular weight excluding hydrogens is 214 g/mol. The average Bonchev–Trinajstić information content (AvgIpc) is 2.31. The Hall–Kier alpha value is -1.51. The van der Waals surface area contributed by atoms with Crippen LogP contribution in [0.3, 0.4) is 0 Å². The number of nitrogens with zero attached hydrogens (tertiary/aromatic N) is 1. The Bertz CT molecular complexity index is 401. The number of aryl methyl sites for hydroxylation is 1. The molecule has 1 atom stereocenters. The highest BCUT2D eigenvalue weighted by Crippen LogP contribution is 2.18. The molecule has 0 bridgehead atoms. The Morgan fingerprint density at radius 3 is 2.65 bits per heavy atom. The van der Waals surface area contributed by atoms with Gasteiger partial charge in [-0.25, -0.2) is 0 Å². The van der Waals surface area contributed by atoms with Crippen molar-refractivity contribution in [2.24, 2.45) is 0 Å². The number of hydrogen-bond acceptors (Lipinski definition) is 2. The summed E-state index contributed by atoms with van der Waals surface area (Å²) in [5, 5.41) is 9.43. The number of amides is 1. The van der Waals surface area contributed by atoms with Crippen molar-refractivity contribution in [1.29, 1.82) is 0 Å². The van der Waals surface area contributed by atoms with Crippen LogP contribution in [0.15, 0.2) is 18.2 Å². The summed E-state index contributed by atoms with van der Waals surface area (Å²) in [7, 11) is 1.82. The highest BCUT2D eigenvalue weighted by molar-refractivity contribution is 5.94. The maximum Gasteiger partial charge on any atom is 0.253 e. The molecule has 0 fully saturated rings. The highest BCUT2D eigenvalue weighted by atomic mass is 16.3. The van der Waals surface area contributed by atoms with E-state index in [-0.39, 0.29) is 17.7 Å². The van der Waals surface area contributed by atoms with Crippen molar-refractivity contribution in [2.75, 3.05) is 7.05 Å². The lowest BCUT2D eigenvalue weighted by Gasteiger charge is -2.24. The fourth-order valence-electron chi connectivity index (χ4n) is 1.80. The Kier molecular flexibility index (Phi) is 4.55. The molecule has 0 radical (unpaired) electrons. The zero-order chi connectivity index (χ0) is 13.0. The summed E-state index contributed by atoms with van der Waals surface area (Å²) in [4.78, 5) is 13.9. The standard InChI is InChI=1S/C14H21NO2/c1-5-6-11(3)15(4)14(17)12-7-8-13(16)10(2)9-12/h7-9,11,16H,5-6H2,1-4H3. The van der Waals surface area contributed by atoms with E-state index in [1.165, 1.54) is 0 Å². The quantitative estimate of drug-likeness (QED) is 0.871. The topological polar surface area (TPSA) is 40.5 Å². The summed E-state index contributed by atoms with van der Waals surface area (Å²) in [6.07, 6.45) is 2.06. The maximum absolute atomic E-state index is 12.2. The lowest BCUT2D eigenvalue weighted by molar-refractivity contribution is 0.0736. The van der Waals surface area contributed by atoms with Gasteiger partial charge in [0.15, 0.2) is 0 Å². The largest absolute Gasteiger partial charge is 0.508 e. The van der Waals surface area contributed by atoms with Gasteiger partial charge in [0.1, 0.15) is 5.75 Å². The van der Waals surface area contributed by atoms with Crippen LogP contribution in [0.25, 0.3) is 0 Å². The summed E-state index contributed by atoms with van der Waals surface area (Å²) in [5.41, 5.74) is 1.36. The van der Waals surface area contributed by atoms with Crippen LogP contribution in [-0.4, -0.2) is 29.0 Å². The van der Waals surface area contributed by atoms with Gasteiger partial charge in [0.2, 0.25) is 0 Å². The van der Waals surface area contributed by atoms with Crippen LogP contribution in [-0.2, 0) is 0 Å². The predicted molar refractivity (Wildman–Crippen MR) is 69.3 cm³/mol. The number of aromatic hydroxyl groups is 1. The Morgan fingerprint density at radius 1 is 1.47 bits per heavy atom. The van der Waals surface area contributed by atoms with E-state index in [0.29, 0.717) is 5.56 Å². The molecule has 1 N–H and O–H groups in total. The van der Waals surface area contributed by atoms with Crippen molar-refractivity contribution in [3.05, 3.63) is 29.3 Å². The third-order valence-electron chi connectivity index (χ3n) is 3.13. The molecule has 17 heavy (non-hydrogen) atoms. The second kappa shape index (κ2) is 5.71. The van der Waals surface area contributed by atoms with Crippen LogP contribution in [0.4, 0.5) is 0 Å². The first kappa shape index (κ1) is 13.6. The smallest absolute Gasteiger partial charge is 0.253 e. The monoisotopic (exact) mass is 235 g/mol. The van der Waals surface area contributed by atoms with Gasteiger partial charge in [-0.15, -0.1) is 0 Å². The molecule has 1 rings (SSSR count). The van der Waals surface area contributed by atoms with Crippen LogP contribution in [0.2, 0.25) is 0 Å². The summed E-state index contributed by atoms with van der Waals surface area (Å²) < 4.78 is 0. The fourth-order valence-corrected chi connectivity index (χ4v) is 1.80.